The minimum absolute atomic E-state index is 0.194. The number of primary amides is 1. The van der Waals surface area contributed by atoms with Gasteiger partial charge in [-0.1, -0.05) is 30.4 Å². The molecular weight excluding hydrogens is 274 g/mol. The van der Waals surface area contributed by atoms with Crippen LogP contribution in [0, 0.1) is 0 Å². The fourth-order valence-electron chi connectivity index (χ4n) is 1.27. The Hall–Kier alpha value is -1.51. The minimum atomic E-state index is -3.61. The molecule has 0 saturated heterocycles. The standard InChI is InChI=1S/C10H13N3O3S2/c11-9(14)5-13-18(15,16)6-7-2-1-3-8(4-7)10(12)17/h1-4,13H,5-6H2,(H2,11,14)(H2,12,17). The van der Waals surface area contributed by atoms with Crippen molar-refractivity contribution in [3.05, 3.63) is 35.4 Å². The molecule has 0 saturated carbocycles. The highest BCUT2D eigenvalue weighted by atomic mass is 32.2. The van der Waals surface area contributed by atoms with Gasteiger partial charge >= 0.3 is 0 Å². The number of amides is 1. The molecule has 0 aliphatic carbocycles. The van der Waals surface area contributed by atoms with Crippen LogP contribution in [0.5, 0.6) is 0 Å². The van der Waals surface area contributed by atoms with E-state index in [1.54, 1.807) is 24.3 Å². The molecule has 1 amide bonds. The summed E-state index contributed by atoms with van der Waals surface area (Å²) in [5.74, 6) is -1.01. The number of carbonyl (C=O) groups excluding carboxylic acids is 1. The largest absolute Gasteiger partial charge is 0.389 e. The number of benzene rings is 1. The van der Waals surface area contributed by atoms with Crippen molar-refractivity contribution in [2.75, 3.05) is 6.54 Å². The summed E-state index contributed by atoms with van der Waals surface area (Å²) < 4.78 is 25.3. The van der Waals surface area contributed by atoms with Crippen molar-refractivity contribution in [1.82, 2.24) is 4.72 Å². The van der Waals surface area contributed by atoms with Crippen LogP contribution in [-0.2, 0) is 20.6 Å². The normalized spacial score (nSPS) is 11.1. The van der Waals surface area contributed by atoms with E-state index >= 15 is 0 Å². The SMILES string of the molecule is NC(=O)CNS(=O)(=O)Cc1cccc(C(N)=S)c1. The highest BCUT2D eigenvalue weighted by Gasteiger charge is 2.12. The van der Waals surface area contributed by atoms with Crippen molar-refractivity contribution in [1.29, 1.82) is 0 Å². The molecule has 0 fully saturated rings. The topological polar surface area (TPSA) is 115 Å². The third kappa shape index (κ3) is 4.78. The van der Waals surface area contributed by atoms with Crippen molar-refractivity contribution in [3.63, 3.8) is 0 Å². The van der Waals surface area contributed by atoms with E-state index in [2.05, 4.69) is 4.72 Å². The van der Waals surface area contributed by atoms with Crippen LogP contribution >= 0.6 is 12.2 Å². The predicted octanol–water partition coefficient (Wildman–Crippen LogP) is -0.774. The number of carbonyl (C=O) groups is 1. The Balaban J connectivity index is 2.81. The van der Waals surface area contributed by atoms with Crippen LogP contribution in [0.1, 0.15) is 11.1 Å². The van der Waals surface area contributed by atoms with Gasteiger partial charge in [0.15, 0.2) is 0 Å². The first-order valence-corrected chi connectivity index (χ1v) is 7.00. The monoisotopic (exact) mass is 287 g/mol. The molecule has 18 heavy (non-hydrogen) atoms. The molecule has 0 atom stereocenters. The maximum atomic E-state index is 11.6. The molecule has 0 radical (unpaired) electrons. The maximum Gasteiger partial charge on any atom is 0.232 e. The van der Waals surface area contributed by atoms with Gasteiger partial charge in [-0.3, -0.25) is 4.79 Å². The Morgan fingerprint density at radius 2 is 2.00 bits per heavy atom. The molecule has 0 aliphatic rings. The highest BCUT2D eigenvalue weighted by molar-refractivity contribution is 7.88. The van der Waals surface area contributed by atoms with E-state index in [0.717, 1.165) is 0 Å². The lowest BCUT2D eigenvalue weighted by atomic mass is 10.1. The molecule has 0 heterocycles. The van der Waals surface area contributed by atoms with E-state index in [0.29, 0.717) is 11.1 Å². The predicted molar refractivity (Wildman–Crippen MR) is 72.2 cm³/mol. The number of nitrogens with one attached hydrogen (secondary N) is 1. The van der Waals surface area contributed by atoms with Crippen LogP contribution in [0.3, 0.4) is 0 Å². The molecule has 8 heteroatoms. The fraction of sp³-hybridized carbons (Fsp3) is 0.200. The van der Waals surface area contributed by atoms with Crippen molar-refractivity contribution >= 4 is 33.1 Å². The van der Waals surface area contributed by atoms with Gasteiger partial charge in [-0.15, -0.1) is 0 Å². The molecule has 1 aromatic carbocycles. The van der Waals surface area contributed by atoms with E-state index < -0.39 is 22.5 Å². The van der Waals surface area contributed by atoms with E-state index in [1.165, 1.54) is 0 Å². The fourth-order valence-corrected chi connectivity index (χ4v) is 2.48. The van der Waals surface area contributed by atoms with E-state index in [4.69, 9.17) is 23.7 Å². The zero-order chi connectivity index (χ0) is 13.8. The first kappa shape index (κ1) is 14.6. The maximum absolute atomic E-state index is 11.6. The molecule has 0 bridgehead atoms. The summed E-state index contributed by atoms with van der Waals surface area (Å²) in [4.78, 5) is 10.7. The molecule has 1 rings (SSSR count). The number of thiocarbonyl (C=S) groups is 1. The Morgan fingerprint density at radius 1 is 1.33 bits per heavy atom. The number of hydrogen-bond donors (Lipinski definition) is 3. The van der Waals surface area contributed by atoms with Crippen LogP contribution in [0.25, 0.3) is 0 Å². The van der Waals surface area contributed by atoms with Crippen LogP contribution in [0.4, 0.5) is 0 Å². The van der Waals surface area contributed by atoms with Crippen molar-refractivity contribution in [3.8, 4) is 0 Å². The highest BCUT2D eigenvalue weighted by Crippen LogP contribution is 2.08. The molecule has 1 aromatic rings. The number of nitrogens with two attached hydrogens (primary N) is 2. The Labute approximate surface area is 110 Å². The average molecular weight is 287 g/mol. The third-order valence-corrected chi connectivity index (χ3v) is 3.57. The van der Waals surface area contributed by atoms with Gasteiger partial charge < -0.3 is 11.5 Å². The second-order valence-electron chi connectivity index (χ2n) is 3.61. The van der Waals surface area contributed by atoms with Crippen LogP contribution < -0.4 is 16.2 Å². The lowest BCUT2D eigenvalue weighted by Crippen LogP contribution is -2.34. The number of rotatable bonds is 6. The summed E-state index contributed by atoms with van der Waals surface area (Å²) in [6.45, 7) is -0.419. The van der Waals surface area contributed by atoms with Gasteiger partial charge in [0.25, 0.3) is 0 Å². The van der Waals surface area contributed by atoms with Gasteiger partial charge in [-0.05, 0) is 11.6 Å². The summed E-state index contributed by atoms with van der Waals surface area (Å²) in [6.07, 6.45) is 0. The van der Waals surface area contributed by atoms with Gasteiger partial charge in [0.05, 0.1) is 12.3 Å². The first-order valence-electron chi connectivity index (χ1n) is 4.94. The van der Waals surface area contributed by atoms with Gasteiger partial charge in [-0.2, -0.15) is 0 Å². The van der Waals surface area contributed by atoms with Gasteiger partial charge in [0, 0.05) is 5.56 Å². The second-order valence-corrected chi connectivity index (χ2v) is 5.86. The molecule has 5 N–H and O–H groups in total. The van der Waals surface area contributed by atoms with Crippen LogP contribution in [0.2, 0.25) is 0 Å². The lowest BCUT2D eigenvalue weighted by Gasteiger charge is -2.06. The number of hydrogen-bond acceptors (Lipinski definition) is 4. The summed E-state index contributed by atoms with van der Waals surface area (Å²) >= 11 is 4.80. The molecule has 6 nitrogen and oxygen atoms in total. The summed E-state index contributed by atoms with van der Waals surface area (Å²) in [5.41, 5.74) is 11.4. The van der Waals surface area contributed by atoms with Gasteiger partial charge in [0.2, 0.25) is 15.9 Å². The smallest absolute Gasteiger partial charge is 0.232 e. The second kappa shape index (κ2) is 5.89. The first-order chi connectivity index (χ1) is 8.30. The zero-order valence-electron chi connectivity index (χ0n) is 9.42. The quantitative estimate of drug-likeness (QED) is 0.594. The lowest BCUT2D eigenvalue weighted by molar-refractivity contribution is -0.116. The number of sulfonamides is 1. The average Bonchev–Trinajstić information content (AvgIpc) is 2.26. The minimum Gasteiger partial charge on any atom is -0.389 e. The Kier molecular flexibility index (Phi) is 4.76. The van der Waals surface area contributed by atoms with E-state index in [-0.39, 0.29) is 10.7 Å². The summed E-state index contributed by atoms with van der Waals surface area (Å²) in [5, 5.41) is 0. The molecule has 0 spiro atoms. The van der Waals surface area contributed by atoms with E-state index in [9.17, 15) is 13.2 Å². The van der Waals surface area contributed by atoms with Crippen molar-refractivity contribution in [2.24, 2.45) is 11.5 Å². The van der Waals surface area contributed by atoms with Gasteiger partial charge in [-0.25, -0.2) is 13.1 Å². The molecule has 98 valence electrons. The third-order valence-electron chi connectivity index (χ3n) is 2.03. The summed E-state index contributed by atoms with van der Waals surface area (Å²) in [7, 11) is -3.61. The van der Waals surface area contributed by atoms with Gasteiger partial charge in [0.1, 0.15) is 4.99 Å². The van der Waals surface area contributed by atoms with Crippen molar-refractivity contribution < 1.29 is 13.2 Å². The Bertz CT molecular complexity index is 569. The van der Waals surface area contributed by atoms with Crippen LogP contribution in [0.15, 0.2) is 24.3 Å². The summed E-state index contributed by atoms with van der Waals surface area (Å²) in [6, 6.07) is 6.57. The molecule has 0 unspecified atom stereocenters. The molecule has 0 aromatic heterocycles. The zero-order valence-corrected chi connectivity index (χ0v) is 11.1. The van der Waals surface area contributed by atoms with E-state index in [1.807, 2.05) is 0 Å². The molecule has 0 aliphatic heterocycles. The van der Waals surface area contributed by atoms with Crippen LogP contribution in [-0.4, -0.2) is 25.9 Å². The Morgan fingerprint density at radius 3 is 2.56 bits per heavy atom. The molecular formula is C10H13N3O3S2. The van der Waals surface area contributed by atoms with Crippen molar-refractivity contribution in [2.45, 2.75) is 5.75 Å².